The number of aryl methyl sites for hydroxylation is 2. The topological polar surface area (TPSA) is 19.6 Å². The monoisotopic (exact) mass is 730 g/mol. The highest BCUT2D eigenvalue weighted by Gasteiger charge is 2.23. The lowest BCUT2D eigenvalue weighted by atomic mass is 9.85. The van der Waals surface area contributed by atoms with Crippen LogP contribution in [0.5, 0.6) is 0 Å². The third-order valence-corrected chi connectivity index (χ3v) is 11.4. The van der Waals surface area contributed by atoms with Crippen molar-refractivity contribution in [1.82, 2.24) is 0 Å². The molecule has 270 valence electrons. The van der Waals surface area contributed by atoms with Crippen LogP contribution in [0.1, 0.15) is 11.1 Å². The van der Waals surface area contributed by atoms with Gasteiger partial charge in [0, 0.05) is 61.7 Å². The molecule has 1 heterocycles. The maximum atomic E-state index is 7.07. The zero-order valence-corrected chi connectivity index (χ0v) is 31.8. The number of anilines is 6. The van der Waals surface area contributed by atoms with Crippen LogP contribution in [-0.2, 0) is 0 Å². The molecule has 57 heavy (non-hydrogen) atoms. The predicted molar refractivity (Wildman–Crippen MR) is 242 cm³/mol. The molecule has 0 bridgehead atoms. The van der Waals surface area contributed by atoms with Crippen molar-refractivity contribution < 1.29 is 4.42 Å². The van der Waals surface area contributed by atoms with Gasteiger partial charge in [-0.15, -0.1) is 0 Å². The summed E-state index contributed by atoms with van der Waals surface area (Å²) in [5.74, 6) is 0. The van der Waals surface area contributed by atoms with Crippen molar-refractivity contribution in [2.75, 3.05) is 9.80 Å². The number of hydrogen-bond donors (Lipinski definition) is 0. The molecule has 0 unspecified atom stereocenters. The van der Waals surface area contributed by atoms with Crippen molar-refractivity contribution in [1.29, 1.82) is 0 Å². The van der Waals surface area contributed by atoms with E-state index < -0.39 is 0 Å². The third kappa shape index (κ3) is 5.43. The summed E-state index contributed by atoms with van der Waals surface area (Å²) in [7, 11) is 0. The lowest BCUT2D eigenvalue weighted by molar-refractivity contribution is 0.673. The van der Waals surface area contributed by atoms with E-state index >= 15 is 0 Å². The van der Waals surface area contributed by atoms with Crippen LogP contribution in [0.3, 0.4) is 0 Å². The molecule has 0 fully saturated rings. The lowest BCUT2D eigenvalue weighted by Gasteiger charge is -2.25. The van der Waals surface area contributed by atoms with Crippen molar-refractivity contribution in [3.63, 3.8) is 0 Å². The molecule has 0 N–H and O–H groups in total. The van der Waals surface area contributed by atoms with Gasteiger partial charge in [-0.05, 0) is 143 Å². The normalized spacial score (nSPS) is 11.7. The van der Waals surface area contributed by atoms with Gasteiger partial charge in [0.2, 0.25) is 0 Å². The van der Waals surface area contributed by atoms with Gasteiger partial charge in [-0.25, -0.2) is 0 Å². The van der Waals surface area contributed by atoms with Crippen LogP contribution in [0.25, 0.3) is 65.4 Å². The fourth-order valence-electron chi connectivity index (χ4n) is 9.00. The summed E-state index contributed by atoms with van der Waals surface area (Å²) >= 11 is 0. The van der Waals surface area contributed by atoms with Crippen molar-refractivity contribution in [2.45, 2.75) is 13.8 Å². The molecule has 1 aromatic heterocycles. The molecule has 0 spiro atoms. The summed E-state index contributed by atoms with van der Waals surface area (Å²) in [6, 6.07) is 69.8. The summed E-state index contributed by atoms with van der Waals surface area (Å²) in [6.45, 7) is 4.41. The second-order valence-electron chi connectivity index (χ2n) is 15.1. The molecule has 3 nitrogen and oxygen atoms in total. The third-order valence-electron chi connectivity index (χ3n) is 11.4. The van der Waals surface area contributed by atoms with E-state index in [1.165, 1.54) is 54.6 Å². The Morgan fingerprint density at radius 3 is 1.40 bits per heavy atom. The molecular weight excluding hydrogens is 693 g/mol. The molecule has 10 aromatic carbocycles. The molecule has 0 aliphatic rings. The summed E-state index contributed by atoms with van der Waals surface area (Å²) < 4.78 is 7.07. The van der Waals surface area contributed by atoms with Gasteiger partial charge in [-0.2, -0.15) is 0 Å². The Morgan fingerprint density at radius 2 is 0.825 bits per heavy atom. The van der Waals surface area contributed by atoms with Crippen LogP contribution in [0.4, 0.5) is 34.1 Å². The summed E-state index contributed by atoms with van der Waals surface area (Å²) in [5.41, 5.74) is 13.3. The highest BCUT2D eigenvalue weighted by molar-refractivity contribution is 6.38. The molecular formula is C54H38N2O. The lowest BCUT2D eigenvalue weighted by Crippen LogP contribution is -2.09. The molecule has 0 radical (unpaired) electrons. The number of hydrogen-bond acceptors (Lipinski definition) is 3. The second-order valence-corrected chi connectivity index (χ2v) is 15.1. The average molecular weight is 731 g/mol. The fourth-order valence-corrected chi connectivity index (χ4v) is 9.00. The summed E-state index contributed by atoms with van der Waals surface area (Å²) in [5, 5.41) is 9.72. The first-order valence-electron chi connectivity index (χ1n) is 19.6. The number of para-hydroxylation sites is 4. The van der Waals surface area contributed by atoms with E-state index in [1.54, 1.807) is 0 Å². The van der Waals surface area contributed by atoms with E-state index in [1.807, 2.05) is 0 Å². The first-order valence-corrected chi connectivity index (χ1v) is 19.6. The molecule has 0 saturated heterocycles. The largest absolute Gasteiger partial charge is 0.455 e. The number of furan rings is 1. The molecule has 0 aliphatic carbocycles. The first-order chi connectivity index (χ1) is 28.1. The van der Waals surface area contributed by atoms with Gasteiger partial charge in [0.15, 0.2) is 0 Å². The Hall–Kier alpha value is -7.36. The SMILES string of the molecule is Cc1cc2cc(-c3ccc(N(c4ccccc4)c4ccccc4)cc3)c3cc(C)cc4c5oc6cc(N(c7ccccc7)c7ccccc7)ccc6c5c(c1)c2c34. The molecule has 0 atom stereocenters. The fraction of sp³-hybridized carbons (Fsp3) is 0.0370. The summed E-state index contributed by atoms with van der Waals surface area (Å²) in [6.07, 6.45) is 0. The average Bonchev–Trinajstić information content (AvgIpc) is 3.64. The van der Waals surface area contributed by atoms with Crippen LogP contribution < -0.4 is 9.80 Å². The number of rotatable bonds is 7. The van der Waals surface area contributed by atoms with Crippen molar-refractivity contribution in [3.8, 4) is 11.1 Å². The maximum Gasteiger partial charge on any atom is 0.143 e. The van der Waals surface area contributed by atoms with Gasteiger partial charge in [-0.3, -0.25) is 0 Å². The second kappa shape index (κ2) is 13.1. The Labute approximate surface area is 331 Å². The number of fused-ring (bicyclic) bond motifs is 5. The van der Waals surface area contributed by atoms with Crippen LogP contribution in [0.2, 0.25) is 0 Å². The Bertz CT molecular complexity index is 3150. The Balaban J connectivity index is 1.12. The first kappa shape index (κ1) is 33.0. The zero-order chi connectivity index (χ0) is 38.0. The molecule has 11 aromatic rings. The predicted octanol–water partition coefficient (Wildman–Crippen LogP) is 15.7. The van der Waals surface area contributed by atoms with E-state index in [9.17, 15) is 0 Å². The van der Waals surface area contributed by atoms with Crippen LogP contribution in [0.15, 0.2) is 199 Å². The minimum atomic E-state index is 0.878. The van der Waals surface area contributed by atoms with Crippen LogP contribution >= 0.6 is 0 Å². The molecule has 0 aliphatic heterocycles. The molecule has 0 saturated carbocycles. The van der Waals surface area contributed by atoms with E-state index in [2.05, 4.69) is 218 Å². The number of nitrogens with zero attached hydrogens (tertiary/aromatic N) is 2. The van der Waals surface area contributed by atoms with Crippen LogP contribution in [-0.4, -0.2) is 0 Å². The van der Waals surface area contributed by atoms with Crippen LogP contribution in [0, 0.1) is 13.8 Å². The summed E-state index contributed by atoms with van der Waals surface area (Å²) in [4.78, 5) is 4.61. The van der Waals surface area contributed by atoms with Gasteiger partial charge >= 0.3 is 0 Å². The minimum absolute atomic E-state index is 0.878. The standard InChI is InChI=1S/C54H38N2O/c1-35-29-38-33-46(37-23-25-43(26-24-37)55(39-15-7-3-8-16-39)40-17-9-4-10-18-40)47-30-36(2)32-49-52(47)51(38)48(31-35)53-45-28-27-44(34-50(45)57-54(49)53)56(41-19-11-5-12-20-41)42-21-13-6-14-22-42/h3-34H,1-2H3. The van der Waals surface area contributed by atoms with Gasteiger partial charge in [0.1, 0.15) is 11.2 Å². The van der Waals surface area contributed by atoms with E-state index in [0.717, 1.165) is 56.1 Å². The Kier molecular flexibility index (Phi) is 7.61. The molecule has 0 amide bonds. The quantitative estimate of drug-likeness (QED) is 0.152. The zero-order valence-electron chi connectivity index (χ0n) is 31.8. The van der Waals surface area contributed by atoms with Gasteiger partial charge in [-0.1, -0.05) is 103 Å². The highest BCUT2D eigenvalue weighted by Crippen LogP contribution is 2.49. The highest BCUT2D eigenvalue weighted by atomic mass is 16.3. The maximum absolute atomic E-state index is 7.07. The van der Waals surface area contributed by atoms with Crippen molar-refractivity contribution in [2.24, 2.45) is 0 Å². The van der Waals surface area contributed by atoms with E-state index in [4.69, 9.17) is 4.42 Å². The molecule has 11 rings (SSSR count). The van der Waals surface area contributed by atoms with Gasteiger partial charge in [0.25, 0.3) is 0 Å². The van der Waals surface area contributed by atoms with Crippen molar-refractivity contribution in [3.05, 3.63) is 205 Å². The minimum Gasteiger partial charge on any atom is -0.455 e. The van der Waals surface area contributed by atoms with E-state index in [-0.39, 0.29) is 0 Å². The van der Waals surface area contributed by atoms with E-state index in [0.29, 0.717) is 0 Å². The van der Waals surface area contributed by atoms with Gasteiger partial charge in [0.05, 0.1) is 0 Å². The Morgan fingerprint density at radius 1 is 0.351 bits per heavy atom. The molecule has 3 heteroatoms. The van der Waals surface area contributed by atoms with Crippen molar-refractivity contribution >= 4 is 88.4 Å². The number of benzene rings is 10. The smallest absolute Gasteiger partial charge is 0.143 e. The van der Waals surface area contributed by atoms with Gasteiger partial charge < -0.3 is 14.2 Å².